The molecule has 60 valence electrons. The van der Waals surface area contributed by atoms with E-state index in [4.69, 9.17) is 11.6 Å². The van der Waals surface area contributed by atoms with Gasteiger partial charge < -0.3 is 0 Å². The molecule has 0 saturated carbocycles. The van der Waals surface area contributed by atoms with E-state index in [-0.39, 0.29) is 0 Å². The number of aromatic nitrogens is 2. The molecule has 0 aliphatic rings. The van der Waals surface area contributed by atoms with E-state index in [2.05, 4.69) is 16.9 Å². The van der Waals surface area contributed by atoms with Crippen LogP contribution in [-0.4, -0.2) is 9.97 Å². The molecule has 0 radical (unpaired) electrons. The highest BCUT2D eigenvalue weighted by Crippen LogP contribution is 2.08. The molecule has 0 atom stereocenters. The van der Waals surface area contributed by atoms with Gasteiger partial charge in [0.25, 0.3) is 0 Å². The molecule has 0 bridgehead atoms. The van der Waals surface area contributed by atoms with Crippen molar-refractivity contribution in [1.82, 2.24) is 9.97 Å². The third kappa shape index (κ3) is 2.15. The van der Waals surface area contributed by atoms with Crippen LogP contribution >= 0.6 is 11.6 Å². The molecule has 11 heavy (non-hydrogen) atoms. The fourth-order valence-electron chi connectivity index (χ4n) is 0.957. The van der Waals surface area contributed by atoms with Gasteiger partial charge in [-0.25, -0.2) is 9.97 Å². The molecule has 0 N–H and O–H groups in total. The van der Waals surface area contributed by atoms with E-state index in [9.17, 15) is 0 Å². The number of halogens is 1. The molecule has 1 heterocycles. The van der Waals surface area contributed by atoms with E-state index in [1.54, 1.807) is 12.5 Å². The highest BCUT2D eigenvalue weighted by molar-refractivity contribution is 6.17. The summed E-state index contributed by atoms with van der Waals surface area (Å²) >= 11 is 5.69. The molecule has 0 saturated heterocycles. The first-order valence-corrected chi connectivity index (χ1v) is 4.25. The van der Waals surface area contributed by atoms with E-state index < -0.39 is 0 Å². The zero-order chi connectivity index (χ0) is 8.10. The molecule has 1 aromatic heterocycles. The Labute approximate surface area is 71.6 Å². The molecule has 0 aromatic carbocycles. The Bertz CT molecular complexity index is 225. The Morgan fingerprint density at radius 2 is 2.36 bits per heavy atom. The Hall–Kier alpha value is -0.630. The SMILES string of the molecule is CCCc1ncncc1CCl. The Morgan fingerprint density at radius 3 is 3.00 bits per heavy atom. The van der Waals surface area contributed by atoms with Crippen molar-refractivity contribution < 1.29 is 0 Å². The molecule has 0 spiro atoms. The van der Waals surface area contributed by atoms with Crippen molar-refractivity contribution in [2.45, 2.75) is 25.6 Å². The van der Waals surface area contributed by atoms with Gasteiger partial charge in [-0.3, -0.25) is 0 Å². The molecule has 0 fully saturated rings. The average molecular weight is 171 g/mol. The summed E-state index contributed by atoms with van der Waals surface area (Å²) in [5, 5.41) is 0. The van der Waals surface area contributed by atoms with Crippen LogP contribution in [0.15, 0.2) is 12.5 Å². The maximum atomic E-state index is 5.69. The van der Waals surface area contributed by atoms with Gasteiger partial charge in [0.1, 0.15) is 6.33 Å². The van der Waals surface area contributed by atoms with Crippen molar-refractivity contribution in [2.24, 2.45) is 0 Å². The second kappa shape index (κ2) is 4.29. The van der Waals surface area contributed by atoms with Gasteiger partial charge in [-0.15, -0.1) is 11.6 Å². The van der Waals surface area contributed by atoms with Crippen molar-refractivity contribution in [1.29, 1.82) is 0 Å². The van der Waals surface area contributed by atoms with Crippen molar-refractivity contribution in [2.75, 3.05) is 0 Å². The van der Waals surface area contributed by atoms with Crippen LogP contribution in [0, 0.1) is 0 Å². The van der Waals surface area contributed by atoms with Crippen molar-refractivity contribution in [3.05, 3.63) is 23.8 Å². The highest BCUT2D eigenvalue weighted by Gasteiger charge is 1.99. The third-order valence-corrected chi connectivity index (χ3v) is 1.80. The van der Waals surface area contributed by atoms with Crippen molar-refractivity contribution in [3.8, 4) is 0 Å². The Balaban J connectivity index is 2.83. The summed E-state index contributed by atoms with van der Waals surface area (Å²) in [5.41, 5.74) is 2.13. The summed E-state index contributed by atoms with van der Waals surface area (Å²) in [6, 6.07) is 0. The van der Waals surface area contributed by atoms with Gasteiger partial charge in [0, 0.05) is 17.5 Å². The van der Waals surface area contributed by atoms with Gasteiger partial charge in [0.05, 0.1) is 5.88 Å². The minimum absolute atomic E-state index is 0.510. The molecule has 1 rings (SSSR count). The smallest absolute Gasteiger partial charge is 0.115 e. The van der Waals surface area contributed by atoms with Gasteiger partial charge in [-0.1, -0.05) is 13.3 Å². The predicted molar refractivity (Wildman–Crippen MR) is 45.6 cm³/mol. The van der Waals surface area contributed by atoms with E-state index in [0.717, 1.165) is 24.1 Å². The molecule has 0 unspecified atom stereocenters. The number of nitrogens with zero attached hydrogens (tertiary/aromatic N) is 2. The van der Waals surface area contributed by atoms with Crippen molar-refractivity contribution in [3.63, 3.8) is 0 Å². The fraction of sp³-hybridized carbons (Fsp3) is 0.500. The maximum Gasteiger partial charge on any atom is 0.115 e. The summed E-state index contributed by atoms with van der Waals surface area (Å²) in [5.74, 6) is 0.510. The molecule has 0 aliphatic heterocycles. The minimum Gasteiger partial charge on any atom is -0.244 e. The van der Waals surface area contributed by atoms with Crippen molar-refractivity contribution >= 4 is 11.6 Å². The van der Waals surface area contributed by atoms with Gasteiger partial charge in [-0.05, 0) is 6.42 Å². The van der Waals surface area contributed by atoms with Crippen LogP contribution in [0.25, 0.3) is 0 Å². The number of aryl methyl sites for hydroxylation is 1. The van der Waals surface area contributed by atoms with Crippen LogP contribution in [0.4, 0.5) is 0 Å². The normalized spacial score (nSPS) is 10.0. The maximum absolute atomic E-state index is 5.69. The van der Waals surface area contributed by atoms with Gasteiger partial charge in [-0.2, -0.15) is 0 Å². The van der Waals surface area contributed by atoms with Crippen LogP contribution in [0.2, 0.25) is 0 Å². The van der Waals surface area contributed by atoms with Gasteiger partial charge in [0.15, 0.2) is 0 Å². The largest absolute Gasteiger partial charge is 0.244 e. The summed E-state index contributed by atoms with van der Waals surface area (Å²) in [6.07, 6.45) is 5.44. The third-order valence-electron chi connectivity index (χ3n) is 1.51. The standard InChI is InChI=1S/C8H11ClN2/c1-2-3-8-7(4-9)5-10-6-11-8/h5-6H,2-4H2,1H3. The molecular weight excluding hydrogens is 160 g/mol. The van der Waals surface area contributed by atoms with E-state index >= 15 is 0 Å². The summed E-state index contributed by atoms with van der Waals surface area (Å²) in [4.78, 5) is 8.05. The number of rotatable bonds is 3. The van der Waals surface area contributed by atoms with E-state index in [1.165, 1.54) is 0 Å². The fourth-order valence-corrected chi connectivity index (χ4v) is 1.18. The van der Waals surface area contributed by atoms with Gasteiger partial charge >= 0.3 is 0 Å². The van der Waals surface area contributed by atoms with Crippen LogP contribution in [0.3, 0.4) is 0 Å². The molecule has 1 aromatic rings. The first kappa shape index (κ1) is 8.47. The van der Waals surface area contributed by atoms with Gasteiger partial charge in [0.2, 0.25) is 0 Å². The van der Waals surface area contributed by atoms with Crippen LogP contribution in [0.5, 0.6) is 0 Å². The molecule has 0 amide bonds. The lowest BCUT2D eigenvalue weighted by Gasteiger charge is -2.01. The second-order valence-corrected chi connectivity index (χ2v) is 2.65. The average Bonchev–Trinajstić information content (AvgIpc) is 2.06. The Morgan fingerprint density at radius 1 is 1.55 bits per heavy atom. The Kier molecular flexibility index (Phi) is 3.30. The number of hydrogen-bond acceptors (Lipinski definition) is 2. The first-order valence-electron chi connectivity index (χ1n) is 3.72. The summed E-state index contributed by atoms with van der Waals surface area (Å²) in [7, 11) is 0. The number of alkyl halides is 1. The van der Waals surface area contributed by atoms with Crippen LogP contribution in [-0.2, 0) is 12.3 Å². The van der Waals surface area contributed by atoms with E-state index in [0.29, 0.717) is 5.88 Å². The lowest BCUT2D eigenvalue weighted by atomic mass is 10.2. The topological polar surface area (TPSA) is 25.8 Å². The zero-order valence-corrected chi connectivity index (χ0v) is 7.30. The van der Waals surface area contributed by atoms with Crippen LogP contribution in [0.1, 0.15) is 24.6 Å². The summed E-state index contributed by atoms with van der Waals surface area (Å²) in [6.45, 7) is 2.13. The minimum atomic E-state index is 0.510. The monoisotopic (exact) mass is 170 g/mol. The molecule has 2 nitrogen and oxygen atoms in total. The highest BCUT2D eigenvalue weighted by atomic mass is 35.5. The molecular formula is C8H11ClN2. The summed E-state index contributed by atoms with van der Waals surface area (Å²) < 4.78 is 0. The lowest BCUT2D eigenvalue weighted by Crippen LogP contribution is -1.95. The van der Waals surface area contributed by atoms with E-state index in [1.807, 2.05) is 0 Å². The predicted octanol–water partition coefficient (Wildman–Crippen LogP) is 2.17. The zero-order valence-electron chi connectivity index (χ0n) is 6.55. The lowest BCUT2D eigenvalue weighted by molar-refractivity contribution is 0.856. The second-order valence-electron chi connectivity index (χ2n) is 2.38. The molecule has 0 aliphatic carbocycles. The molecule has 3 heteroatoms. The number of hydrogen-bond donors (Lipinski definition) is 0. The van der Waals surface area contributed by atoms with Crippen LogP contribution < -0.4 is 0 Å². The first-order chi connectivity index (χ1) is 5.38. The quantitative estimate of drug-likeness (QED) is 0.650.